The van der Waals surface area contributed by atoms with Crippen LogP contribution in [0.1, 0.15) is 16.1 Å². The third-order valence-electron chi connectivity index (χ3n) is 1.75. The Bertz CT molecular complexity index is 283. The average Bonchev–Trinajstić information content (AvgIpc) is 2.61. The van der Waals surface area contributed by atoms with Crippen LogP contribution in [-0.2, 0) is 11.2 Å². The maximum atomic E-state index is 11.1. The molecule has 0 atom stereocenters. The molecule has 2 N–H and O–H groups in total. The van der Waals surface area contributed by atoms with Crippen LogP contribution in [-0.4, -0.2) is 36.9 Å². The largest absolute Gasteiger partial charge is 0.464 e. The van der Waals surface area contributed by atoms with Crippen LogP contribution in [0.5, 0.6) is 0 Å². The Hall–Kier alpha value is -1.36. The molecule has 0 unspecified atom stereocenters. The summed E-state index contributed by atoms with van der Waals surface area (Å²) in [7, 11) is 3.21. The van der Waals surface area contributed by atoms with Crippen molar-refractivity contribution in [1.82, 2.24) is 15.5 Å². The van der Waals surface area contributed by atoms with Crippen LogP contribution in [0, 0.1) is 0 Å². The summed E-state index contributed by atoms with van der Waals surface area (Å²) in [6.45, 7) is 0.809. The van der Waals surface area contributed by atoms with Crippen molar-refractivity contribution in [3.8, 4) is 0 Å². The van der Waals surface area contributed by atoms with E-state index < -0.39 is 0 Å². The number of methoxy groups -OCH3 is 1. The van der Waals surface area contributed by atoms with E-state index in [0.717, 1.165) is 18.5 Å². The number of hydrogen-bond donors (Lipinski definition) is 2. The summed E-state index contributed by atoms with van der Waals surface area (Å²) in [4.78, 5) is 11.1. The molecule has 0 saturated heterocycles. The van der Waals surface area contributed by atoms with E-state index >= 15 is 0 Å². The first-order chi connectivity index (χ1) is 6.29. The van der Waals surface area contributed by atoms with Crippen LogP contribution < -0.4 is 5.32 Å². The number of hydrogen-bond acceptors (Lipinski definition) is 4. The average molecular weight is 183 g/mol. The molecular weight excluding hydrogens is 170 g/mol. The van der Waals surface area contributed by atoms with Crippen molar-refractivity contribution in [3.63, 3.8) is 0 Å². The van der Waals surface area contributed by atoms with Gasteiger partial charge in [0.1, 0.15) is 5.69 Å². The van der Waals surface area contributed by atoms with Gasteiger partial charge in [0, 0.05) is 5.56 Å². The van der Waals surface area contributed by atoms with Gasteiger partial charge >= 0.3 is 5.97 Å². The lowest BCUT2D eigenvalue weighted by Crippen LogP contribution is -2.13. The molecule has 0 spiro atoms. The lowest BCUT2D eigenvalue weighted by Gasteiger charge is -2.00. The fraction of sp³-hybridized carbons (Fsp3) is 0.500. The van der Waals surface area contributed by atoms with Crippen molar-refractivity contribution in [2.45, 2.75) is 6.42 Å². The highest BCUT2D eigenvalue weighted by Gasteiger charge is 2.12. The first-order valence-electron chi connectivity index (χ1n) is 4.04. The van der Waals surface area contributed by atoms with Gasteiger partial charge in [-0.15, -0.1) is 0 Å². The first kappa shape index (κ1) is 9.73. The van der Waals surface area contributed by atoms with E-state index in [1.807, 2.05) is 7.05 Å². The fourth-order valence-corrected chi connectivity index (χ4v) is 1.04. The van der Waals surface area contributed by atoms with E-state index in [9.17, 15) is 4.79 Å². The molecule has 5 heteroatoms. The summed E-state index contributed by atoms with van der Waals surface area (Å²) < 4.78 is 4.58. The topological polar surface area (TPSA) is 67.0 Å². The molecule has 0 bridgehead atoms. The number of aromatic amines is 1. The molecule has 0 aliphatic heterocycles. The number of ether oxygens (including phenoxy) is 1. The first-order valence-corrected chi connectivity index (χ1v) is 4.04. The number of carbonyl (C=O) groups is 1. The van der Waals surface area contributed by atoms with E-state index in [-0.39, 0.29) is 5.97 Å². The van der Waals surface area contributed by atoms with Crippen molar-refractivity contribution in [2.24, 2.45) is 0 Å². The van der Waals surface area contributed by atoms with Gasteiger partial charge in [0.15, 0.2) is 0 Å². The van der Waals surface area contributed by atoms with Gasteiger partial charge in [-0.1, -0.05) is 0 Å². The lowest BCUT2D eigenvalue weighted by molar-refractivity contribution is 0.0593. The molecule has 0 fully saturated rings. The normalized spacial score (nSPS) is 10.0. The highest BCUT2D eigenvalue weighted by atomic mass is 16.5. The SMILES string of the molecule is CNCCc1cn[nH]c1C(=O)OC. The van der Waals surface area contributed by atoms with E-state index in [1.165, 1.54) is 7.11 Å². The second-order valence-corrected chi connectivity index (χ2v) is 2.62. The van der Waals surface area contributed by atoms with Gasteiger partial charge in [-0.25, -0.2) is 4.79 Å². The fourth-order valence-electron chi connectivity index (χ4n) is 1.04. The smallest absolute Gasteiger partial charge is 0.356 e. The molecule has 0 aliphatic rings. The Morgan fingerprint density at radius 2 is 2.54 bits per heavy atom. The van der Waals surface area contributed by atoms with Gasteiger partial charge in [0.05, 0.1) is 13.3 Å². The zero-order chi connectivity index (χ0) is 9.68. The monoisotopic (exact) mass is 183 g/mol. The van der Waals surface area contributed by atoms with Crippen LogP contribution >= 0.6 is 0 Å². The predicted molar refractivity (Wildman–Crippen MR) is 47.6 cm³/mol. The van der Waals surface area contributed by atoms with E-state index in [2.05, 4.69) is 20.3 Å². The van der Waals surface area contributed by atoms with Gasteiger partial charge in [0.25, 0.3) is 0 Å². The Labute approximate surface area is 76.5 Å². The van der Waals surface area contributed by atoms with Crippen LogP contribution in [0.15, 0.2) is 6.20 Å². The Kier molecular flexibility index (Phi) is 3.45. The van der Waals surface area contributed by atoms with Crippen LogP contribution in [0.3, 0.4) is 0 Å². The molecule has 13 heavy (non-hydrogen) atoms. The molecule has 1 aromatic rings. The van der Waals surface area contributed by atoms with Gasteiger partial charge in [-0.3, -0.25) is 5.10 Å². The maximum absolute atomic E-state index is 11.1. The molecule has 1 aromatic heterocycles. The third-order valence-corrected chi connectivity index (χ3v) is 1.75. The van der Waals surface area contributed by atoms with Crippen LogP contribution in [0.25, 0.3) is 0 Å². The number of nitrogens with one attached hydrogen (secondary N) is 2. The molecule has 1 rings (SSSR count). The number of esters is 1. The second-order valence-electron chi connectivity index (χ2n) is 2.62. The number of nitrogens with zero attached hydrogens (tertiary/aromatic N) is 1. The number of likely N-dealkylation sites (N-methyl/N-ethyl adjacent to an activating group) is 1. The number of rotatable bonds is 4. The minimum absolute atomic E-state index is 0.372. The summed E-state index contributed by atoms with van der Waals surface area (Å²) in [5.41, 5.74) is 1.32. The Morgan fingerprint density at radius 1 is 1.77 bits per heavy atom. The molecular formula is C8H13N3O2. The second kappa shape index (κ2) is 4.61. The molecule has 1 heterocycles. The van der Waals surface area contributed by atoms with Gasteiger partial charge in [-0.05, 0) is 20.0 Å². The number of carbonyl (C=O) groups excluding carboxylic acids is 1. The maximum Gasteiger partial charge on any atom is 0.356 e. The summed E-state index contributed by atoms with van der Waals surface area (Å²) in [6, 6.07) is 0. The van der Waals surface area contributed by atoms with E-state index in [0.29, 0.717) is 5.69 Å². The number of aromatic nitrogens is 2. The Morgan fingerprint density at radius 3 is 3.15 bits per heavy atom. The van der Waals surface area contributed by atoms with E-state index in [4.69, 9.17) is 0 Å². The van der Waals surface area contributed by atoms with Crippen LogP contribution in [0.2, 0.25) is 0 Å². The highest BCUT2D eigenvalue weighted by Crippen LogP contribution is 2.05. The van der Waals surface area contributed by atoms with Crippen molar-refractivity contribution in [2.75, 3.05) is 20.7 Å². The quantitative estimate of drug-likeness (QED) is 0.643. The van der Waals surface area contributed by atoms with Crippen molar-refractivity contribution in [3.05, 3.63) is 17.5 Å². The van der Waals surface area contributed by atoms with Gasteiger partial charge in [-0.2, -0.15) is 5.10 Å². The minimum atomic E-state index is -0.372. The molecule has 0 aromatic carbocycles. The summed E-state index contributed by atoms with van der Waals surface area (Å²) in [6.07, 6.45) is 2.40. The van der Waals surface area contributed by atoms with Crippen molar-refractivity contribution >= 4 is 5.97 Å². The molecule has 5 nitrogen and oxygen atoms in total. The minimum Gasteiger partial charge on any atom is -0.464 e. The molecule has 0 amide bonds. The molecule has 0 saturated carbocycles. The predicted octanol–water partition coefficient (Wildman–Crippen LogP) is -0.0418. The molecule has 0 aliphatic carbocycles. The Balaban J connectivity index is 2.71. The van der Waals surface area contributed by atoms with E-state index in [1.54, 1.807) is 6.20 Å². The summed E-state index contributed by atoms with van der Waals surface area (Å²) in [5.74, 6) is -0.372. The van der Waals surface area contributed by atoms with Crippen LogP contribution in [0.4, 0.5) is 0 Å². The van der Waals surface area contributed by atoms with Gasteiger partial charge < -0.3 is 10.1 Å². The zero-order valence-electron chi connectivity index (χ0n) is 7.76. The molecule has 0 radical (unpaired) electrons. The van der Waals surface area contributed by atoms with Crippen molar-refractivity contribution < 1.29 is 9.53 Å². The zero-order valence-corrected chi connectivity index (χ0v) is 7.76. The standard InChI is InChI=1S/C8H13N3O2/c1-9-4-3-6-5-10-11-7(6)8(12)13-2/h5,9H,3-4H2,1-2H3,(H,10,11). The summed E-state index contributed by atoms with van der Waals surface area (Å²) >= 11 is 0. The molecule has 72 valence electrons. The third kappa shape index (κ3) is 2.29. The lowest BCUT2D eigenvalue weighted by atomic mass is 10.2. The summed E-state index contributed by atoms with van der Waals surface area (Å²) in [5, 5.41) is 9.40. The number of H-pyrrole nitrogens is 1. The highest BCUT2D eigenvalue weighted by molar-refractivity contribution is 5.88. The van der Waals surface area contributed by atoms with Crippen molar-refractivity contribution in [1.29, 1.82) is 0 Å². The van der Waals surface area contributed by atoms with Gasteiger partial charge in [0.2, 0.25) is 0 Å².